The van der Waals surface area contributed by atoms with E-state index >= 15 is 0 Å². The van der Waals surface area contributed by atoms with Crippen molar-refractivity contribution < 1.29 is 14.3 Å². The van der Waals surface area contributed by atoms with E-state index in [4.69, 9.17) is 31.0 Å². The van der Waals surface area contributed by atoms with Gasteiger partial charge in [0, 0.05) is 59.8 Å². The lowest BCUT2D eigenvalue weighted by Crippen LogP contribution is -2.33. The minimum absolute atomic E-state index is 0.145. The van der Waals surface area contributed by atoms with Gasteiger partial charge in [-0.05, 0) is 92.4 Å². The Hall–Kier alpha value is -5.03. The monoisotopic (exact) mass is 687 g/mol. The van der Waals surface area contributed by atoms with Crippen molar-refractivity contribution in [2.75, 3.05) is 25.0 Å². The van der Waals surface area contributed by atoms with E-state index in [0.29, 0.717) is 35.3 Å². The summed E-state index contributed by atoms with van der Waals surface area (Å²) in [5.41, 5.74) is 9.45. The van der Waals surface area contributed by atoms with Crippen LogP contribution in [0, 0.1) is 13.8 Å². The summed E-state index contributed by atoms with van der Waals surface area (Å²) in [5.74, 6) is 1.41. The molecular formula is C39H38ClN7O3. The number of amides is 1. The number of halogens is 1. The van der Waals surface area contributed by atoms with E-state index in [1.165, 1.54) is 5.57 Å². The van der Waals surface area contributed by atoms with Crippen LogP contribution >= 0.6 is 11.6 Å². The second kappa shape index (κ2) is 13.7. The van der Waals surface area contributed by atoms with Gasteiger partial charge >= 0.3 is 0 Å². The van der Waals surface area contributed by atoms with E-state index in [2.05, 4.69) is 43.8 Å². The number of hydrogen-bond acceptors (Lipinski definition) is 7. The van der Waals surface area contributed by atoms with Crippen molar-refractivity contribution in [3.05, 3.63) is 118 Å². The van der Waals surface area contributed by atoms with Gasteiger partial charge in [0.2, 0.25) is 5.88 Å². The molecule has 1 amide bonds. The van der Waals surface area contributed by atoms with Gasteiger partial charge in [-0.1, -0.05) is 23.7 Å². The number of H-pyrrole nitrogens is 1. The Balaban J connectivity index is 0.965. The first kappa shape index (κ1) is 32.2. The van der Waals surface area contributed by atoms with Crippen molar-refractivity contribution in [2.45, 2.75) is 52.5 Å². The predicted molar refractivity (Wildman–Crippen MR) is 196 cm³/mol. The number of ether oxygens (including phenoxy) is 2. The number of nitrogens with one attached hydrogen (secondary N) is 2. The summed E-state index contributed by atoms with van der Waals surface area (Å²) in [4.78, 5) is 33.2. The molecular weight excluding hydrogens is 650 g/mol. The summed E-state index contributed by atoms with van der Waals surface area (Å²) in [6.07, 6.45) is 5.96. The summed E-state index contributed by atoms with van der Waals surface area (Å²) in [6.45, 7) is 8.36. The number of imidazole rings is 1. The number of aromatic nitrogens is 5. The van der Waals surface area contributed by atoms with Crippen LogP contribution in [0.2, 0.25) is 5.02 Å². The number of fused-ring (bicyclic) bond motifs is 2. The van der Waals surface area contributed by atoms with E-state index in [9.17, 15) is 4.79 Å². The molecule has 0 saturated carbocycles. The van der Waals surface area contributed by atoms with Crippen molar-refractivity contribution in [1.82, 2.24) is 29.4 Å². The lowest BCUT2D eigenvalue weighted by molar-refractivity contribution is -0.0591. The van der Waals surface area contributed by atoms with E-state index in [1.807, 2.05) is 61.5 Å². The quantitative estimate of drug-likeness (QED) is 0.154. The molecule has 1 atom stereocenters. The van der Waals surface area contributed by atoms with Gasteiger partial charge < -0.3 is 24.3 Å². The highest BCUT2D eigenvalue weighted by molar-refractivity contribution is 6.30. The number of hydrogen-bond donors (Lipinski definition) is 2. The standard InChI is InChI=1S/C39H38ClN7O3/c1-24-25(2)42-34-10-6-27(18-32(24)34)39(48)43-29-9-11-36-35(19-29)44-37(47(36)21-31-14-17-49-31)22-46-15-12-26(13-16-46)33-4-3-5-38(45-33)50-23-30-8-7-28(40)20-41-30/h3-12,18-20,31,42H,13-17,21-23H2,1-2H3,(H,43,48)/t31-/m0/s1. The normalized spacial score (nSPS) is 16.4. The van der Waals surface area contributed by atoms with Gasteiger partial charge in [-0.3, -0.25) is 14.7 Å². The highest BCUT2D eigenvalue weighted by Gasteiger charge is 2.24. The summed E-state index contributed by atoms with van der Waals surface area (Å²) in [6, 6.07) is 21.3. The van der Waals surface area contributed by atoms with Crippen LogP contribution in [0.1, 0.15) is 51.7 Å². The molecule has 11 heteroatoms. The zero-order valence-corrected chi connectivity index (χ0v) is 28.8. The Morgan fingerprint density at radius 3 is 2.78 bits per heavy atom. The smallest absolute Gasteiger partial charge is 0.255 e. The molecule has 254 valence electrons. The molecule has 2 N–H and O–H groups in total. The minimum Gasteiger partial charge on any atom is -0.471 e. The average Bonchev–Trinajstić information content (AvgIpc) is 3.60. The molecule has 0 spiro atoms. The maximum atomic E-state index is 13.3. The highest BCUT2D eigenvalue weighted by atomic mass is 35.5. The Bertz CT molecular complexity index is 2240. The zero-order valence-electron chi connectivity index (χ0n) is 28.1. The largest absolute Gasteiger partial charge is 0.471 e. The fourth-order valence-electron chi connectivity index (χ4n) is 6.62. The van der Waals surface area contributed by atoms with Crippen LogP contribution in [0.5, 0.6) is 5.88 Å². The fourth-order valence-corrected chi connectivity index (χ4v) is 6.73. The Morgan fingerprint density at radius 2 is 2.00 bits per heavy atom. The molecule has 1 saturated heterocycles. The number of aromatic amines is 1. The third kappa shape index (κ3) is 6.74. The molecule has 2 aliphatic rings. The van der Waals surface area contributed by atoms with Crippen molar-refractivity contribution in [3.63, 3.8) is 0 Å². The lowest BCUT2D eigenvalue weighted by atomic mass is 10.0. The van der Waals surface area contributed by atoms with Crippen molar-refractivity contribution in [1.29, 1.82) is 0 Å². The molecule has 8 rings (SSSR count). The number of pyridine rings is 2. The third-order valence-corrected chi connectivity index (χ3v) is 9.93. The number of rotatable bonds is 10. The molecule has 6 heterocycles. The van der Waals surface area contributed by atoms with Gasteiger partial charge in [0.05, 0.1) is 46.6 Å². The SMILES string of the molecule is Cc1[nH]c2ccc(C(=O)Nc3ccc4c(c3)nc(CN3CC=C(c5cccc(OCc6ccc(Cl)cn6)n5)CC3)n4C[C@@H]3CCO3)cc2c1C. The van der Waals surface area contributed by atoms with Crippen LogP contribution in [-0.4, -0.2) is 61.1 Å². The van der Waals surface area contributed by atoms with Gasteiger partial charge in [0.15, 0.2) is 0 Å². The first-order valence-electron chi connectivity index (χ1n) is 17.0. The first-order chi connectivity index (χ1) is 24.4. The molecule has 50 heavy (non-hydrogen) atoms. The number of nitrogens with zero attached hydrogens (tertiary/aromatic N) is 5. The van der Waals surface area contributed by atoms with Crippen LogP contribution in [0.25, 0.3) is 27.5 Å². The van der Waals surface area contributed by atoms with E-state index < -0.39 is 0 Å². The fraction of sp³-hybridized carbons (Fsp3) is 0.282. The van der Waals surface area contributed by atoms with Crippen LogP contribution in [0.15, 0.2) is 79.0 Å². The van der Waals surface area contributed by atoms with E-state index in [-0.39, 0.29) is 12.0 Å². The Labute approximate surface area is 295 Å². The second-order valence-corrected chi connectivity index (χ2v) is 13.5. The van der Waals surface area contributed by atoms with Crippen molar-refractivity contribution in [3.8, 4) is 5.88 Å². The summed E-state index contributed by atoms with van der Waals surface area (Å²) < 4.78 is 14.0. The number of anilines is 1. The van der Waals surface area contributed by atoms with Gasteiger partial charge in [0.1, 0.15) is 12.4 Å². The molecule has 4 aromatic heterocycles. The number of benzene rings is 2. The summed E-state index contributed by atoms with van der Waals surface area (Å²) in [7, 11) is 0. The van der Waals surface area contributed by atoms with Crippen LogP contribution in [0.4, 0.5) is 5.69 Å². The van der Waals surface area contributed by atoms with Crippen LogP contribution < -0.4 is 10.1 Å². The van der Waals surface area contributed by atoms with Gasteiger partial charge in [-0.2, -0.15) is 0 Å². The molecule has 10 nitrogen and oxygen atoms in total. The van der Waals surface area contributed by atoms with Crippen molar-refractivity contribution >= 4 is 50.7 Å². The van der Waals surface area contributed by atoms with Gasteiger partial charge in [-0.25, -0.2) is 9.97 Å². The molecule has 2 aliphatic heterocycles. The van der Waals surface area contributed by atoms with Crippen molar-refractivity contribution in [2.24, 2.45) is 0 Å². The maximum Gasteiger partial charge on any atom is 0.255 e. The van der Waals surface area contributed by atoms with Gasteiger partial charge in [0.25, 0.3) is 5.91 Å². The molecule has 0 unspecified atom stereocenters. The highest BCUT2D eigenvalue weighted by Crippen LogP contribution is 2.28. The van der Waals surface area contributed by atoms with Crippen LogP contribution in [-0.2, 0) is 24.4 Å². The summed E-state index contributed by atoms with van der Waals surface area (Å²) >= 11 is 5.95. The zero-order chi connectivity index (χ0) is 34.2. The molecule has 0 aliphatic carbocycles. The molecule has 0 bridgehead atoms. The molecule has 2 aromatic carbocycles. The second-order valence-electron chi connectivity index (χ2n) is 13.0. The van der Waals surface area contributed by atoms with E-state index in [0.717, 1.165) is 89.5 Å². The molecule has 1 fully saturated rings. The maximum absolute atomic E-state index is 13.3. The lowest BCUT2D eigenvalue weighted by Gasteiger charge is -2.29. The predicted octanol–water partition coefficient (Wildman–Crippen LogP) is 7.49. The number of carbonyl (C=O) groups is 1. The van der Waals surface area contributed by atoms with Crippen LogP contribution in [0.3, 0.4) is 0 Å². The topological polar surface area (TPSA) is 110 Å². The number of carbonyl (C=O) groups excluding carboxylic acids is 1. The van der Waals surface area contributed by atoms with Gasteiger partial charge in [-0.15, -0.1) is 0 Å². The van der Waals surface area contributed by atoms with E-state index in [1.54, 1.807) is 12.3 Å². The third-order valence-electron chi connectivity index (χ3n) is 9.70. The Morgan fingerprint density at radius 1 is 1.10 bits per heavy atom. The summed E-state index contributed by atoms with van der Waals surface area (Å²) in [5, 5.41) is 4.75. The number of aryl methyl sites for hydroxylation is 2. The molecule has 0 radical (unpaired) electrons. The average molecular weight is 688 g/mol. The minimum atomic E-state index is -0.145. The first-order valence-corrected chi connectivity index (χ1v) is 17.4. The molecule has 6 aromatic rings. The Kier molecular flexibility index (Phi) is 8.82.